The second-order valence-corrected chi connectivity index (χ2v) is 9.56. The molecule has 0 aliphatic rings. The molecule has 38 heavy (non-hydrogen) atoms. The Labute approximate surface area is 228 Å². The number of nitrogens with one attached hydrogen (secondary N) is 2. The number of para-hydroxylation sites is 1. The monoisotopic (exact) mass is 543 g/mol. The topological polar surface area (TPSA) is 102 Å². The van der Waals surface area contributed by atoms with E-state index >= 15 is 0 Å². The first-order chi connectivity index (χ1) is 18.6. The fraction of sp³-hybridized carbons (Fsp3) is 0.0714. The van der Waals surface area contributed by atoms with Crippen LogP contribution >= 0.6 is 23.4 Å². The summed E-state index contributed by atoms with van der Waals surface area (Å²) in [7, 11) is 0. The molecule has 2 aromatic heterocycles. The van der Waals surface area contributed by atoms with Gasteiger partial charge in [0, 0.05) is 28.5 Å². The number of benzene rings is 3. The largest absolute Gasteiger partial charge is 0.461 e. The summed E-state index contributed by atoms with van der Waals surface area (Å²) in [6, 6.07) is 27.3. The number of halogens is 1. The van der Waals surface area contributed by atoms with Gasteiger partial charge in [-0.2, -0.15) is 0 Å². The van der Waals surface area contributed by atoms with Crippen LogP contribution in [0.5, 0.6) is 0 Å². The Morgan fingerprint density at radius 2 is 1.74 bits per heavy atom. The number of hydrogen-bond donors (Lipinski definition) is 2. The van der Waals surface area contributed by atoms with Gasteiger partial charge in [0.05, 0.1) is 12.0 Å². The van der Waals surface area contributed by atoms with Crippen LogP contribution in [0.4, 0.5) is 5.69 Å². The molecule has 0 radical (unpaired) electrons. The summed E-state index contributed by atoms with van der Waals surface area (Å²) in [5, 5.41) is 15.5. The van der Waals surface area contributed by atoms with Crippen LogP contribution in [-0.4, -0.2) is 32.3 Å². The van der Waals surface area contributed by atoms with Crippen molar-refractivity contribution in [1.29, 1.82) is 0 Å². The number of furan rings is 1. The summed E-state index contributed by atoms with van der Waals surface area (Å²) in [5.74, 6) is 0.726. The maximum atomic E-state index is 12.8. The van der Waals surface area contributed by atoms with Gasteiger partial charge in [-0.15, -0.1) is 10.2 Å². The Hall–Kier alpha value is -4.34. The SMILES string of the molecule is O=C(CSc1nnc(-c2ccco2)n1-c1ccccc1)Nc1cccc(C(=O)NCc2ccc(Cl)cc2)c1. The minimum atomic E-state index is -0.244. The zero-order valence-electron chi connectivity index (χ0n) is 20.0. The van der Waals surface area contributed by atoms with Crippen molar-refractivity contribution in [3.63, 3.8) is 0 Å². The van der Waals surface area contributed by atoms with Crippen molar-refractivity contribution in [2.45, 2.75) is 11.7 Å². The lowest BCUT2D eigenvalue weighted by atomic mass is 10.1. The standard InChI is InChI=1S/C28H22ClN5O3S/c29-21-13-11-19(12-14-21)17-30-27(36)20-6-4-7-22(16-20)31-25(35)18-38-28-33-32-26(24-10-5-15-37-24)34(28)23-8-2-1-3-9-23/h1-16H,17-18H2,(H,30,36)(H,31,35). The van der Waals surface area contributed by atoms with Gasteiger partial charge < -0.3 is 15.1 Å². The molecule has 3 aromatic carbocycles. The Bertz CT molecular complexity index is 1540. The maximum absolute atomic E-state index is 12.8. The lowest BCUT2D eigenvalue weighted by molar-refractivity contribution is -0.113. The highest BCUT2D eigenvalue weighted by molar-refractivity contribution is 7.99. The molecule has 2 heterocycles. The van der Waals surface area contributed by atoms with E-state index in [-0.39, 0.29) is 17.6 Å². The zero-order valence-corrected chi connectivity index (χ0v) is 21.6. The maximum Gasteiger partial charge on any atom is 0.251 e. The van der Waals surface area contributed by atoms with E-state index in [2.05, 4.69) is 20.8 Å². The molecule has 0 unspecified atom stereocenters. The van der Waals surface area contributed by atoms with E-state index in [4.69, 9.17) is 16.0 Å². The van der Waals surface area contributed by atoms with Crippen LogP contribution < -0.4 is 10.6 Å². The summed E-state index contributed by atoms with van der Waals surface area (Å²) in [5.41, 5.74) is 2.75. The molecule has 0 spiro atoms. The lowest BCUT2D eigenvalue weighted by Gasteiger charge is -2.10. The molecular formula is C28H22ClN5O3S. The Balaban J connectivity index is 1.23. The summed E-state index contributed by atoms with van der Waals surface area (Å²) in [4.78, 5) is 25.4. The highest BCUT2D eigenvalue weighted by Gasteiger charge is 2.19. The van der Waals surface area contributed by atoms with Crippen LogP contribution in [0, 0.1) is 0 Å². The van der Waals surface area contributed by atoms with Gasteiger partial charge in [0.15, 0.2) is 10.9 Å². The second kappa shape index (κ2) is 11.8. The third kappa shape index (κ3) is 6.13. The average Bonchev–Trinajstić information content (AvgIpc) is 3.62. The fourth-order valence-electron chi connectivity index (χ4n) is 3.69. The molecule has 0 aliphatic heterocycles. The minimum Gasteiger partial charge on any atom is -0.461 e. The van der Waals surface area contributed by atoms with Gasteiger partial charge in [-0.1, -0.05) is 59.8 Å². The summed E-state index contributed by atoms with van der Waals surface area (Å²) >= 11 is 7.16. The van der Waals surface area contributed by atoms with Gasteiger partial charge >= 0.3 is 0 Å². The average molecular weight is 544 g/mol. The Morgan fingerprint density at radius 3 is 2.50 bits per heavy atom. The second-order valence-electron chi connectivity index (χ2n) is 8.18. The van der Waals surface area contributed by atoms with Crippen molar-refractivity contribution < 1.29 is 14.0 Å². The summed E-state index contributed by atoms with van der Waals surface area (Å²) in [6.07, 6.45) is 1.58. The van der Waals surface area contributed by atoms with Crippen LogP contribution in [0.2, 0.25) is 5.02 Å². The first-order valence-corrected chi connectivity index (χ1v) is 13.0. The van der Waals surface area contributed by atoms with Crippen LogP contribution in [0.3, 0.4) is 0 Å². The van der Waals surface area contributed by atoms with Gasteiger partial charge in [0.2, 0.25) is 11.7 Å². The molecule has 5 rings (SSSR count). The first kappa shape index (κ1) is 25.3. The van der Waals surface area contributed by atoms with E-state index in [1.807, 2.05) is 53.1 Å². The number of nitrogens with zero attached hydrogens (tertiary/aromatic N) is 3. The number of aromatic nitrogens is 3. The third-order valence-electron chi connectivity index (χ3n) is 5.50. The van der Waals surface area contributed by atoms with Crippen molar-refractivity contribution in [3.05, 3.63) is 113 Å². The Kier molecular flexibility index (Phi) is 7.86. The molecule has 0 aliphatic carbocycles. The fourth-order valence-corrected chi connectivity index (χ4v) is 4.57. The van der Waals surface area contributed by atoms with Gasteiger partial charge in [-0.25, -0.2) is 0 Å². The van der Waals surface area contributed by atoms with E-state index in [1.54, 1.807) is 48.7 Å². The predicted octanol–water partition coefficient (Wildman–Crippen LogP) is 5.84. The smallest absolute Gasteiger partial charge is 0.251 e. The number of thioether (sulfide) groups is 1. The van der Waals surface area contributed by atoms with Crippen LogP contribution in [0.25, 0.3) is 17.3 Å². The van der Waals surface area contributed by atoms with Crippen molar-refractivity contribution >= 4 is 40.9 Å². The van der Waals surface area contributed by atoms with Gasteiger partial charge in [0.1, 0.15) is 0 Å². The van der Waals surface area contributed by atoms with Crippen LogP contribution in [0.1, 0.15) is 15.9 Å². The number of carbonyl (C=O) groups is 2. The third-order valence-corrected chi connectivity index (χ3v) is 6.68. The van der Waals surface area contributed by atoms with Crippen molar-refractivity contribution in [2.75, 3.05) is 11.1 Å². The molecule has 0 saturated carbocycles. The van der Waals surface area contributed by atoms with Gasteiger partial charge in [0.25, 0.3) is 5.91 Å². The molecule has 0 bridgehead atoms. The van der Waals surface area contributed by atoms with Gasteiger partial charge in [-0.05, 0) is 60.2 Å². The zero-order chi connectivity index (χ0) is 26.3. The van der Waals surface area contributed by atoms with E-state index in [1.165, 1.54) is 11.8 Å². The molecular weight excluding hydrogens is 522 g/mol. The molecule has 10 heteroatoms. The van der Waals surface area contributed by atoms with Crippen molar-refractivity contribution in [1.82, 2.24) is 20.1 Å². The van der Waals surface area contributed by atoms with E-state index in [0.717, 1.165) is 11.3 Å². The number of anilines is 1. The first-order valence-electron chi connectivity index (χ1n) is 11.7. The normalized spacial score (nSPS) is 10.8. The molecule has 2 N–H and O–H groups in total. The molecule has 2 amide bonds. The number of carbonyl (C=O) groups excluding carboxylic acids is 2. The van der Waals surface area contributed by atoms with Crippen molar-refractivity contribution in [3.8, 4) is 17.3 Å². The minimum absolute atomic E-state index is 0.0934. The lowest BCUT2D eigenvalue weighted by Crippen LogP contribution is -2.23. The molecule has 8 nitrogen and oxygen atoms in total. The quantitative estimate of drug-likeness (QED) is 0.226. The summed E-state index contributed by atoms with van der Waals surface area (Å²) < 4.78 is 7.38. The van der Waals surface area contributed by atoms with E-state index < -0.39 is 0 Å². The highest BCUT2D eigenvalue weighted by Crippen LogP contribution is 2.28. The molecule has 0 saturated heterocycles. The van der Waals surface area contributed by atoms with E-state index in [9.17, 15) is 9.59 Å². The van der Waals surface area contributed by atoms with Crippen LogP contribution in [0.15, 0.2) is 107 Å². The molecule has 0 fully saturated rings. The Morgan fingerprint density at radius 1 is 0.921 bits per heavy atom. The molecule has 5 aromatic rings. The molecule has 0 atom stereocenters. The number of amides is 2. The number of rotatable bonds is 9. The predicted molar refractivity (Wildman–Crippen MR) is 147 cm³/mol. The molecule has 190 valence electrons. The summed E-state index contributed by atoms with van der Waals surface area (Å²) in [6.45, 7) is 0.366. The van der Waals surface area contributed by atoms with Gasteiger partial charge in [-0.3, -0.25) is 14.2 Å². The highest BCUT2D eigenvalue weighted by atomic mass is 35.5. The van der Waals surface area contributed by atoms with Crippen LogP contribution in [-0.2, 0) is 11.3 Å². The van der Waals surface area contributed by atoms with Crippen molar-refractivity contribution in [2.24, 2.45) is 0 Å². The van der Waals surface area contributed by atoms with E-state index in [0.29, 0.717) is 39.6 Å². The number of hydrogen-bond acceptors (Lipinski definition) is 6.